The number of rotatable bonds is 9. The maximum Gasteiger partial charge on any atom is 0.243 e. The zero-order valence-electron chi connectivity index (χ0n) is 20.1. The maximum atomic E-state index is 14.0. The molecular formula is C31H29F2NO2. The summed E-state index contributed by atoms with van der Waals surface area (Å²) in [6, 6.07) is 20.9. The first-order valence-electron chi connectivity index (χ1n) is 12.4. The lowest BCUT2D eigenvalue weighted by Gasteiger charge is -2.18. The second-order valence-electron chi connectivity index (χ2n) is 9.54. The molecule has 2 aliphatic rings. The van der Waals surface area contributed by atoms with E-state index in [0.717, 1.165) is 41.7 Å². The van der Waals surface area contributed by atoms with Crippen LogP contribution in [0.2, 0.25) is 0 Å². The number of ether oxygens (including phenoxy) is 1. The molecule has 1 heterocycles. The van der Waals surface area contributed by atoms with Crippen molar-refractivity contribution >= 4 is 12.0 Å². The summed E-state index contributed by atoms with van der Waals surface area (Å²) in [4.78, 5) is 12.4. The van der Waals surface area contributed by atoms with E-state index in [1.165, 1.54) is 29.8 Å². The molecule has 184 valence electrons. The SMILES string of the molecule is O=C(/C=C/[C@@H]1CC1(c1cccc(F)c1)c1cccc(F)c1)NCCCCC1=Cc2ccccc2OC1. The second-order valence-corrected chi connectivity index (χ2v) is 9.54. The number of halogens is 2. The number of unbranched alkanes of at least 4 members (excludes halogenated alkanes) is 1. The van der Waals surface area contributed by atoms with Crippen LogP contribution in [-0.4, -0.2) is 19.1 Å². The minimum Gasteiger partial charge on any atom is -0.489 e. The normalized spacial score (nSPS) is 17.7. The first-order chi connectivity index (χ1) is 17.5. The molecule has 1 amide bonds. The van der Waals surface area contributed by atoms with Crippen molar-refractivity contribution < 1.29 is 18.3 Å². The van der Waals surface area contributed by atoms with E-state index in [9.17, 15) is 13.6 Å². The minimum absolute atomic E-state index is 0.00651. The van der Waals surface area contributed by atoms with Crippen LogP contribution in [0.25, 0.3) is 6.08 Å². The lowest BCUT2D eigenvalue weighted by Crippen LogP contribution is -2.22. The molecule has 0 spiro atoms. The van der Waals surface area contributed by atoms with Gasteiger partial charge in [-0.2, -0.15) is 0 Å². The number of hydrogen-bond donors (Lipinski definition) is 1. The van der Waals surface area contributed by atoms with Gasteiger partial charge in [0.15, 0.2) is 0 Å². The third kappa shape index (κ3) is 5.25. The first-order valence-corrected chi connectivity index (χ1v) is 12.4. The van der Waals surface area contributed by atoms with Gasteiger partial charge in [0.05, 0.1) is 0 Å². The van der Waals surface area contributed by atoms with Crippen molar-refractivity contribution in [2.45, 2.75) is 31.1 Å². The highest BCUT2D eigenvalue weighted by Crippen LogP contribution is 2.59. The lowest BCUT2D eigenvalue weighted by atomic mass is 9.85. The van der Waals surface area contributed by atoms with Crippen LogP contribution in [0.4, 0.5) is 8.78 Å². The van der Waals surface area contributed by atoms with Crippen LogP contribution in [0.3, 0.4) is 0 Å². The first kappa shape index (κ1) is 24.0. The fourth-order valence-corrected chi connectivity index (χ4v) is 5.14. The van der Waals surface area contributed by atoms with Gasteiger partial charge in [0, 0.05) is 17.5 Å². The number of carbonyl (C=O) groups is 1. The monoisotopic (exact) mass is 485 g/mol. The van der Waals surface area contributed by atoms with Gasteiger partial charge in [-0.25, -0.2) is 8.78 Å². The molecule has 5 heteroatoms. The highest BCUT2D eigenvalue weighted by atomic mass is 19.1. The van der Waals surface area contributed by atoms with Crippen LogP contribution < -0.4 is 10.1 Å². The van der Waals surface area contributed by atoms with Gasteiger partial charge in [-0.05, 0) is 90.8 Å². The maximum absolute atomic E-state index is 14.0. The average Bonchev–Trinajstić information content (AvgIpc) is 3.63. The molecule has 0 bridgehead atoms. The predicted molar refractivity (Wildman–Crippen MR) is 138 cm³/mol. The summed E-state index contributed by atoms with van der Waals surface area (Å²) in [6.07, 6.45) is 9.09. The van der Waals surface area contributed by atoms with Crippen molar-refractivity contribution in [3.05, 3.63) is 119 Å². The molecule has 0 aromatic heterocycles. The Kier molecular flexibility index (Phi) is 6.99. The van der Waals surface area contributed by atoms with Gasteiger partial charge in [-0.15, -0.1) is 0 Å². The molecule has 0 radical (unpaired) electrons. The molecule has 1 N–H and O–H groups in total. The Labute approximate surface area is 210 Å². The van der Waals surface area contributed by atoms with Crippen molar-refractivity contribution in [3.63, 3.8) is 0 Å². The summed E-state index contributed by atoms with van der Waals surface area (Å²) in [5.41, 5.74) is 3.46. The summed E-state index contributed by atoms with van der Waals surface area (Å²) in [5.74, 6) is 0.122. The summed E-state index contributed by atoms with van der Waals surface area (Å²) >= 11 is 0. The van der Waals surface area contributed by atoms with Crippen molar-refractivity contribution in [1.82, 2.24) is 5.32 Å². The molecule has 1 fully saturated rings. The fraction of sp³-hybridized carbons (Fsp3) is 0.258. The third-order valence-electron chi connectivity index (χ3n) is 7.09. The fourth-order valence-electron chi connectivity index (χ4n) is 5.14. The molecule has 1 aliphatic heterocycles. The summed E-state index contributed by atoms with van der Waals surface area (Å²) in [7, 11) is 0. The van der Waals surface area contributed by atoms with E-state index in [-0.39, 0.29) is 23.5 Å². The van der Waals surface area contributed by atoms with Gasteiger partial charge >= 0.3 is 0 Å². The van der Waals surface area contributed by atoms with Gasteiger partial charge in [0.25, 0.3) is 0 Å². The highest BCUT2D eigenvalue weighted by Gasteiger charge is 2.55. The molecule has 3 aromatic carbocycles. The Morgan fingerprint density at radius 2 is 1.69 bits per heavy atom. The van der Waals surface area contributed by atoms with Gasteiger partial charge in [0.1, 0.15) is 24.0 Å². The van der Waals surface area contributed by atoms with E-state index < -0.39 is 5.41 Å². The topological polar surface area (TPSA) is 38.3 Å². The predicted octanol–water partition coefficient (Wildman–Crippen LogP) is 6.59. The standard InChI is InChI=1S/C31H29F2NO2/c32-27-11-5-9-24(18-27)31(25-10-6-12-28(33)19-25)20-26(31)14-15-30(35)34-16-4-3-7-22-17-23-8-1-2-13-29(23)36-21-22/h1-2,5-6,8-15,17-19,26H,3-4,7,16,20-21H2,(H,34,35)/b15-14+/t26-/m1/s1. The molecule has 1 aliphatic carbocycles. The van der Waals surface area contributed by atoms with E-state index in [1.54, 1.807) is 18.2 Å². The number of allylic oxidation sites excluding steroid dienone is 1. The molecule has 3 nitrogen and oxygen atoms in total. The number of para-hydroxylation sites is 1. The Hall–Kier alpha value is -3.73. The number of fused-ring (bicyclic) bond motifs is 1. The molecule has 1 atom stereocenters. The number of carbonyl (C=O) groups excluding carboxylic acids is 1. The van der Waals surface area contributed by atoms with Crippen molar-refractivity contribution in [2.24, 2.45) is 5.92 Å². The van der Waals surface area contributed by atoms with Crippen LogP contribution in [0.1, 0.15) is 42.4 Å². The molecule has 0 unspecified atom stereocenters. The average molecular weight is 486 g/mol. The van der Waals surface area contributed by atoms with Crippen LogP contribution in [0.5, 0.6) is 5.75 Å². The molecule has 36 heavy (non-hydrogen) atoms. The Balaban J connectivity index is 1.13. The largest absolute Gasteiger partial charge is 0.489 e. The number of benzene rings is 3. The van der Waals surface area contributed by atoms with Gasteiger partial charge < -0.3 is 10.1 Å². The quantitative estimate of drug-likeness (QED) is 0.274. The zero-order valence-corrected chi connectivity index (χ0v) is 20.1. The number of amides is 1. The number of hydrogen-bond acceptors (Lipinski definition) is 2. The Morgan fingerprint density at radius 1 is 0.972 bits per heavy atom. The Bertz CT molecular complexity index is 1270. The minimum atomic E-state index is -0.518. The van der Waals surface area contributed by atoms with Gasteiger partial charge in [0.2, 0.25) is 5.91 Å². The van der Waals surface area contributed by atoms with Crippen LogP contribution in [-0.2, 0) is 10.2 Å². The summed E-state index contributed by atoms with van der Waals surface area (Å²) < 4.78 is 33.8. The molecule has 1 saturated carbocycles. The highest BCUT2D eigenvalue weighted by molar-refractivity contribution is 5.87. The van der Waals surface area contributed by atoms with Crippen molar-refractivity contribution in [3.8, 4) is 5.75 Å². The van der Waals surface area contributed by atoms with E-state index in [1.807, 2.05) is 36.4 Å². The second kappa shape index (κ2) is 10.5. The van der Waals surface area contributed by atoms with E-state index in [0.29, 0.717) is 19.6 Å². The van der Waals surface area contributed by atoms with Gasteiger partial charge in [-0.3, -0.25) is 4.79 Å². The third-order valence-corrected chi connectivity index (χ3v) is 7.09. The van der Waals surface area contributed by atoms with E-state index in [2.05, 4.69) is 17.5 Å². The molecule has 5 rings (SSSR count). The van der Waals surface area contributed by atoms with E-state index in [4.69, 9.17) is 4.74 Å². The molecular weight excluding hydrogens is 456 g/mol. The van der Waals surface area contributed by atoms with E-state index >= 15 is 0 Å². The van der Waals surface area contributed by atoms with Crippen molar-refractivity contribution in [2.75, 3.05) is 13.2 Å². The Morgan fingerprint density at radius 3 is 2.42 bits per heavy atom. The van der Waals surface area contributed by atoms with Gasteiger partial charge in [-0.1, -0.05) is 48.5 Å². The summed E-state index contributed by atoms with van der Waals surface area (Å²) in [5, 5.41) is 2.95. The van der Waals surface area contributed by atoms with Crippen LogP contribution in [0, 0.1) is 17.6 Å². The zero-order chi connectivity index (χ0) is 25.0. The lowest BCUT2D eigenvalue weighted by molar-refractivity contribution is -0.116. The molecule has 0 saturated heterocycles. The van der Waals surface area contributed by atoms with Crippen LogP contribution >= 0.6 is 0 Å². The smallest absolute Gasteiger partial charge is 0.243 e. The summed E-state index contributed by atoms with van der Waals surface area (Å²) in [6.45, 7) is 1.21. The molecule has 3 aromatic rings. The van der Waals surface area contributed by atoms with Crippen LogP contribution in [0.15, 0.2) is 90.5 Å². The van der Waals surface area contributed by atoms with Crippen molar-refractivity contribution in [1.29, 1.82) is 0 Å². The number of nitrogens with one attached hydrogen (secondary N) is 1.